The van der Waals surface area contributed by atoms with Gasteiger partial charge >= 0.3 is 12.1 Å². The predicted octanol–water partition coefficient (Wildman–Crippen LogP) is 3.78. The molecule has 16 heavy (non-hydrogen) atoms. The molecule has 0 aromatic rings. The van der Waals surface area contributed by atoms with Crippen LogP contribution in [0.25, 0.3) is 0 Å². The summed E-state index contributed by atoms with van der Waals surface area (Å²) >= 11 is 5.14. The second kappa shape index (κ2) is 3.86. The van der Waals surface area contributed by atoms with Crippen LogP contribution in [0.4, 0.5) is 13.2 Å². The minimum absolute atomic E-state index is 0.291. The topological polar surface area (TPSA) is 37.3 Å². The van der Waals surface area contributed by atoms with E-state index < -0.39 is 32.6 Å². The fourth-order valence-corrected chi connectivity index (χ4v) is 2.70. The summed E-state index contributed by atoms with van der Waals surface area (Å²) in [4.78, 5) is 10.8. The molecule has 94 valence electrons. The average molecular weight is 368 g/mol. The number of rotatable bonds is 3. The van der Waals surface area contributed by atoms with Gasteiger partial charge in [-0.3, -0.25) is 4.79 Å². The molecule has 1 saturated carbocycles. The molecular formula is C9H11Br2F3O2. The number of hydrogen-bond acceptors (Lipinski definition) is 1. The van der Waals surface area contributed by atoms with E-state index in [0.717, 1.165) is 0 Å². The molecular weight excluding hydrogens is 357 g/mol. The first-order valence-electron chi connectivity index (χ1n) is 4.58. The minimum atomic E-state index is -4.45. The fourth-order valence-electron chi connectivity index (χ4n) is 2.01. The normalized spacial score (nSPS) is 28.9. The van der Waals surface area contributed by atoms with Crippen molar-refractivity contribution in [3.05, 3.63) is 0 Å². The third-order valence-corrected chi connectivity index (χ3v) is 4.75. The van der Waals surface area contributed by atoms with Gasteiger partial charge in [0, 0.05) is 0 Å². The van der Waals surface area contributed by atoms with Crippen molar-refractivity contribution in [2.75, 3.05) is 0 Å². The molecule has 0 aromatic heterocycles. The van der Waals surface area contributed by atoms with Crippen LogP contribution in [-0.4, -0.2) is 20.5 Å². The summed E-state index contributed by atoms with van der Waals surface area (Å²) in [6.45, 7) is 3.34. The van der Waals surface area contributed by atoms with Gasteiger partial charge in [-0.15, -0.1) is 0 Å². The molecule has 0 heterocycles. The van der Waals surface area contributed by atoms with Crippen molar-refractivity contribution in [3.8, 4) is 0 Å². The largest absolute Gasteiger partial charge is 0.481 e. The van der Waals surface area contributed by atoms with Crippen molar-refractivity contribution in [2.45, 2.75) is 29.7 Å². The lowest BCUT2D eigenvalue weighted by Gasteiger charge is -2.24. The highest BCUT2D eigenvalue weighted by molar-refractivity contribution is 9.25. The van der Waals surface area contributed by atoms with Crippen molar-refractivity contribution < 1.29 is 23.1 Å². The first kappa shape index (κ1) is 14.3. The van der Waals surface area contributed by atoms with Gasteiger partial charge < -0.3 is 5.11 Å². The van der Waals surface area contributed by atoms with Crippen molar-refractivity contribution in [1.29, 1.82) is 0 Å². The molecule has 0 spiro atoms. The van der Waals surface area contributed by atoms with E-state index in [0.29, 0.717) is 0 Å². The summed E-state index contributed by atoms with van der Waals surface area (Å²) in [6, 6.07) is 0. The van der Waals surface area contributed by atoms with E-state index in [1.807, 2.05) is 0 Å². The molecule has 1 rings (SSSR count). The van der Waals surface area contributed by atoms with E-state index in [4.69, 9.17) is 5.11 Å². The molecule has 2 nitrogen and oxygen atoms in total. The number of carbonyl (C=O) groups is 1. The van der Waals surface area contributed by atoms with Gasteiger partial charge in [0.15, 0.2) is 3.23 Å². The summed E-state index contributed by atoms with van der Waals surface area (Å²) in [5, 5.41) is 8.85. The van der Waals surface area contributed by atoms with E-state index in [-0.39, 0.29) is 6.42 Å². The first-order chi connectivity index (χ1) is 6.91. The number of carboxylic acids is 1. The number of hydrogen-bond donors (Lipinski definition) is 1. The van der Waals surface area contributed by atoms with E-state index in [1.54, 1.807) is 13.8 Å². The second-order valence-electron chi connectivity index (χ2n) is 4.65. The van der Waals surface area contributed by atoms with Gasteiger partial charge in [0.25, 0.3) is 0 Å². The second-order valence-corrected chi connectivity index (χ2v) is 8.42. The third kappa shape index (κ3) is 2.39. The number of alkyl halides is 5. The number of halogens is 5. The molecule has 0 radical (unpaired) electrons. The summed E-state index contributed by atoms with van der Waals surface area (Å²) < 4.78 is 35.5. The smallest absolute Gasteiger partial charge is 0.413 e. The first-order valence-corrected chi connectivity index (χ1v) is 6.17. The zero-order valence-corrected chi connectivity index (χ0v) is 11.8. The summed E-state index contributed by atoms with van der Waals surface area (Å²) in [7, 11) is 0. The zero-order valence-electron chi connectivity index (χ0n) is 8.61. The van der Waals surface area contributed by atoms with E-state index in [1.165, 1.54) is 0 Å². The maximum atomic E-state index is 12.6. The Balaban J connectivity index is 2.75. The molecule has 1 N–H and O–H groups in total. The highest BCUT2D eigenvalue weighted by Gasteiger charge is 2.66. The molecule has 1 aliphatic carbocycles. The van der Waals surface area contributed by atoms with E-state index in [9.17, 15) is 18.0 Å². The molecule has 1 aliphatic rings. The summed E-state index contributed by atoms with van der Waals surface area (Å²) in [5.74, 6) is -2.22. The Bertz CT molecular complexity index is 312. The maximum absolute atomic E-state index is 12.6. The molecule has 0 aromatic carbocycles. The lowest BCUT2D eigenvalue weighted by Crippen LogP contribution is -2.34. The van der Waals surface area contributed by atoms with Crippen molar-refractivity contribution >= 4 is 37.8 Å². The van der Waals surface area contributed by atoms with Crippen LogP contribution in [0.2, 0.25) is 0 Å². The maximum Gasteiger partial charge on any atom is 0.413 e. The Morgan fingerprint density at radius 2 is 1.81 bits per heavy atom. The monoisotopic (exact) mass is 366 g/mol. The van der Waals surface area contributed by atoms with Gasteiger partial charge in [-0.2, -0.15) is 13.2 Å². The van der Waals surface area contributed by atoms with Gasteiger partial charge in [0.05, 0.1) is 5.92 Å². The molecule has 0 bridgehead atoms. The van der Waals surface area contributed by atoms with Crippen molar-refractivity contribution in [1.82, 2.24) is 0 Å². The van der Waals surface area contributed by atoms with Gasteiger partial charge in [-0.25, -0.2) is 0 Å². The van der Waals surface area contributed by atoms with Crippen LogP contribution in [0.3, 0.4) is 0 Å². The minimum Gasteiger partial charge on any atom is -0.481 e. The molecule has 0 unspecified atom stereocenters. The van der Waals surface area contributed by atoms with Gasteiger partial charge in [0.1, 0.15) is 0 Å². The highest BCUT2D eigenvalue weighted by atomic mass is 79.9. The van der Waals surface area contributed by atoms with Crippen LogP contribution in [0.15, 0.2) is 0 Å². The SMILES string of the molecule is CC1(C)[C@@H](CC(Br)(Br)C(F)(F)F)[C@@H]1C(=O)O. The molecule has 0 saturated heterocycles. The fraction of sp³-hybridized carbons (Fsp3) is 0.889. The Labute approximate surface area is 108 Å². The highest BCUT2D eigenvalue weighted by Crippen LogP contribution is 2.64. The summed E-state index contributed by atoms with van der Waals surface area (Å²) in [6.07, 6.45) is -4.74. The molecule has 1 fully saturated rings. The lowest BCUT2D eigenvalue weighted by atomic mass is 10.1. The van der Waals surface area contributed by atoms with Crippen LogP contribution in [0.1, 0.15) is 20.3 Å². The lowest BCUT2D eigenvalue weighted by molar-refractivity contribution is -0.141. The van der Waals surface area contributed by atoms with Crippen LogP contribution in [0, 0.1) is 17.3 Å². The van der Waals surface area contributed by atoms with Gasteiger partial charge in [-0.1, -0.05) is 45.7 Å². The Morgan fingerprint density at radius 3 is 2.06 bits per heavy atom. The van der Waals surface area contributed by atoms with Crippen molar-refractivity contribution in [3.63, 3.8) is 0 Å². The number of carboxylic acid groups (broad SMARTS) is 1. The van der Waals surface area contributed by atoms with Crippen molar-refractivity contribution in [2.24, 2.45) is 17.3 Å². The Morgan fingerprint density at radius 1 is 1.38 bits per heavy atom. The van der Waals surface area contributed by atoms with E-state index in [2.05, 4.69) is 31.9 Å². The Kier molecular flexibility index (Phi) is 3.45. The standard InChI is InChI=1S/C9H11Br2F3O2/c1-7(2)4(5(7)6(15)16)3-8(10,11)9(12,13)14/h4-5H,3H2,1-2H3,(H,15,16)/t4-,5+/m0/s1. The predicted molar refractivity (Wildman–Crippen MR) is 59.7 cm³/mol. The molecule has 7 heteroatoms. The van der Waals surface area contributed by atoms with Gasteiger partial charge in [-0.05, 0) is 17.8 Å². The molecule has 2 atom stereocenters. The molecule has 0 amide bonds. The summed E-state index contributed by atoms with van der Waals surface area (Å²) in [5.41, 5.74) is -0.579. The van der Waals surface area contributed by atoms with Crippen LogP contribution in [-0.2, 0) is 4.79 Å². The number of aliphatic carboxylic acids is 1. The average Bonchev–Trinajstić information content (AvgIpc) is 2.49. The van der Waals surface area contributed by atoms with E-state index >= 15 is 0 Å². The Hall–Kier alpha value is 0.220. The zero-order chi connectivity index (χ0) is 12.9. The van der Waals surface area contributed by atoms with Crippen LogP contribution in [0.5, 0.6) is 0 Å². The van der Waals surface area contributed by atoms with Crippen LogP contribution < -0.4 is 0 Å². The third-order valence-electron chi connectivity index (χ3n) is 3.21. The van der Waals surface area contributed by atoms with Crippen LogP contribution >= 0.6 is 31.9 Å². The quantitative estimate of drug-likeness (QED) is 0.770. The molecule has 0 aliphatic heterocycles. The van der Waals surface area contributed by atoms with Gasteiger partial charge in [0.2, 0.25) is 0 Å².